The van der Waals surface area contributed by atoms with E-state index in [9.17, 15) is 4.79 Å². The number of piperidine rings is 1. The van der Waals surface area contributed by atoms with Gasteiger partial charge in [-0.05, 0) is 51.0 Å². The summed E-state index contributed by atoms with van der Waals surface area (Å²) in [7, 11) is 0. The SMILES string of the molecule is Cc1nnc2c(N3CCC(n4nc5c(cc4=O)CCCC5)CC3)nccn12. The Balaban J connectivity index is 1.38. The maximum atomic E-state index is 12.6. The lowest BCUT2D eigenvalue weighted by atomic mass is 9.97. The lowest BCUT2D eigenvalue weighted by Gasteiger charge is -2.33. The second kappa shape index (κ2) is 6.44. The third-order valence-electron chi connectivity index (χ3n) is 5.82. The molecule has 0 saturated carbocycles. The monoisotopic (exact) mass is 365 g/mol. The van der Waals surface area contributed by atoms with Crippen LogP contribution in [0.3, 0.4) is 0 Å². The van der Waals surface area contributed by atoms with Gasteiger partial charge in [-0.2, -0.15) is 5.10 Å². The molecule has 1 aliphatic carbocycles. The summed E-state index contributed by atoms with van der Waals surface area (Å²) in [6.45, 7) is 3.59. The molecule has 0 amide bonds. The van der Waals surface area contributed by atoms with E-state index in [0.717, 1.165) is 73.7 Å². The van der Waals surface area contributed by atoms with Gasteiger partial charge in [0.15, 0.2) is 5.82 Å². The van der Waals surface area contributed by atoms with E-state index in [4.69, 9.17) is 5.10 Å². The van der Waals surface area contributed by atoms with Crippen molar-refractivity contribution in [2.24, 2.45) is 0 Å². The summed E-state index contributed by atoms with van der Waals surface area (Å²) in [4.78, 5) is 19.3. The molecule has 5 rings (SSSR count). The van der Waals surface area contributed by atoms with Crippen molar-refractivity contribution < 1.29 is 0 Å². The molecule has 0 aromatic carbocycles. The van der Waals surface area contributed by atoms with Gasteiger partial charge in [0.2, 0.25) is 5.65 Å². The fraction of sp³-hybridized carbons (Fsp3) is 0.526. The number of fused-ring (bicyclic) bond motifs is 2. The Bertz CT molecular complexity index is 1050. The van der Waals surface area contributed by atoms with Gasteiger partial charge in [0.05, 0.1) is 11.7 Å². The lowest BCUT2D eigenvalue weighted by molar-refractivity contribution is 0.347. The molecule has 1 aliphatic heterocycles. The summed E-state index contributed by atoms with van der Waals surface area (Å²) in [5.41, 5.74) is 3.10. The van der Waals surface area contributed by atoms with Crippen molar-refractivity contribution in [1.82, 2.24) is 29.4 Å². The fourth-order valence-corrected chi connectivity index (χ4v) is 4.31. The number of hydrogen-bond donors (Lipinski definition) is 0. The zero-order valence-electron chi connectivity index (χ0n) is 15.5. The van der Waals surface area contributed by atoms with E-state index >= 15 is 0 Å². The van der Waals surface area contributed by atoms with Gasteiger partial charge in [0, 0.05) is 31.5 Å². The van der Waals surface area contributed by atoms with Crippen LogP contribution < -0.4 is 10.5 Å². The van der Waals surface area contributed by atoms with Crippen LogP contribution in [0.15, 0.2) is 23.3 Å². The molecular formula is C19H23N7O. The second-order valence-corrected chi connectivity index (χ2v) is 7.52. The van der Waals surface area contributed by atoms with Gasteiger partial charge in [0.25, 0.3) is 5.56 Å². The molecule has 1 saturated heterocycles. The molecule has 140 valence electrons. The summed E-state index contributed by atoms with van der Waals surface area (Å²) < 4.78 is 3.70. The molecule has 4 heterocycles. The number of hydrogen-bond acceptors (Lipinski definition) is 6. The van der Waals surface area contributed by atoms with Crippen molar-refractivity contribution in [2.75, 3.05) is 18.0 Å². The summed E-state index contributed by atoms with van der Waals surface area (Å²) in [5, 5.41) is 13.2. The highest BCUT2D eigenvalue weighted by Gasteiger charge is 2.26. The topological polar surface area (TPSA) is 81.2 Å². The van der Waals surface area contributed by atoms with Gasteiger partial charge in [0.1, 0.15) is 5.82 Å². The molecule has 0 unspecified atom stereocenters. The quantitative estimate of drug-likeness (QED) is 0.688. The Morgan fingerprint density at radius 2 is 1.93 bits per heavy atom. The molecule has 0 spiro atoms. The van der Waals surface area contributed by atoms with E-state index in [2.05, 4.69) is 20.1 Å². The lowest BCUT2D eigenvalue weighted by Crippen LogP contribution is -2.39. The Morgan fingerprint density at radius 3 is 2.78 bits per heavy atom. The minimum atomic E-state index is 0.0439. The van der Waals surface area contributed by atoms with Crippen LogP contribution in [0.5, 0.6) is 0 Å². The van der Waals surface area contributed by atoms with Crippen molar-refractivity contribution in [2.45, 2.75) is 51.5 Å². The van der Waals surface area contributed by atoms with E-state index in [-0.39, 0.29) is 11.6 Å². The molecule has 0 bridgehead atoms. The third-order valence-corrected chi connectivity index (χ3v) is 5.82. The van der Waals surface area contributed by atoms with Crippen LogP contribution in [0.1, 0.15) is 48.8 Å². The van der Waals surface area contributed by atoms with E-state index in [1.807, 2.05) is 23.6 Å². The van der Waals surface area contributed by atoms with Crippen LogP contribution in [0.25, 0.3) is 5.65 Å². The van der Waals surface area contributed by atoms with E-state index < -0.39 is 0 Å². The van der Waals surface area contributed by atoms with Gasteiger partial charge >= 0.3 is 0 Å². The van der Waals surface area contributed by atoms with E-state index in [1.54, 1.807) is 10.9 Å². The normalized spacial score (nSPS) is 18.0. The molecule has 27 heavy (non-hydrogen) atoms. The average Bonchev–Trinajstić information content (AvgIpc) is 3.09. The summed E-state index contributed by atoms with van der Waals surface area (Å²) >= 11 is 0. The summed E-state index contributed by atoms with van der Waals surface area (Å²) in [6, 6.07) is 1.97. The molecule has 8 heteroatoms. The number of anilines is 1. The number of aryl methyl sites for hydroxylation is 3. The average molecular weight is 365 g/mol. The molecule has 8 nitrogen and oxygen atoms in total. The fourth-order valence-electron chi connectivity index (χ4n) is 4.31. The first-order chi connectivity index (χ1) is 13.2. The van der Waals surface area contributed by atoms with Gasteiger partial charge in [-0.15, -0.1) is 10.2 Å². The van der Waals surface area contributed by atoms with Gasteiger partial charge in [-0.3, -0.25) is 9.20 Å². The zero-order valence-corrected chi connectivity index (χ0v) is 15.5. The maximum Gasteiger partial charge on any atom is 0.267 e. The molecule has 2 aliphatic rings. The van der Waals surface area contributed by atoms with Crippen LogP contribution in [0.2, 0.25) is 0 Å². The van der Waals surface area contributed by atoms with Gasteiger partial charge < -0.3 is 4.90 Å². The largest absolute Gasteiger partial charge is 0.353 e. The van der Waals surface area contributed by atoms with E-state index in [1.165, 1.54) is 6.42 Å². The van der Waals surface area contributed by atoms with Crippen LogP contribution >= 0.6 is 0 Å². The second-order valence-electron chi connectivity index (χ2n) is 7.52. The Morgan fingerprint density at radius 1 is 1.11 bits per heavy atom. The minimum Gasteiger partial charge on any atom is -0.353 e. The predicted molar refractivity (Wildman–Crippen MR) is 101 cm³/mol. The molecule has 3 aromatic heterocycles. The number of nitrogens with zero attached hydrogens (tertiary/aromatic N) is 7. The highest BCUT2D eigenvalue weighted by Crippen LogP contribution is 2.27. The molecular weight excluding hydrogens is 342 g/mol. The maximum absolute atomic E-state index is 12.6. The smallest absolute Gasteiger partial charge is 0.267 e. The minimum absolute atomic E-state index is 0.0439. The number of rotatable bonds is 2. The van der Waals surface area contributed by atoms with E-state index in [0.29, 0.717) is 0 Å². The van der Waals surface area contributed by atoms with Crippen molar-refractivity contribution >= 4 is 11.5 Å². The third kappa shape index (κ3) is 2.79. The van der Waals surface area contributed by atoms with Crippen LogP contribution in [-0.2, 0) is 12.8 Å². The zero-order chi connectivity index (χ0) is 18.4. The first-order valence-electron chi connectivity index (χ1n) is 9.73. The van der Waals surface area contributed by atoms with Crippen LogP contribution in [-0.4, -0.2) is 42.5 Å². The van der Waals surface area contributed by atoms with Crippen molar-refractivity contribution in [3.63, 3.8) is 0 Å². The van der Waals surface area contributed by atoms with Gasteiger partial charge in [-0.1, -0.05) is 0 Å². The molecule has 0 radical (unpaired) electrons. The molecule has 0 atom stereocenters. The predicted octanol–water partition coefficient (Wildman–Crippen LogP) is 1.71. The van der Waals surface area contributed by atoms with Crippen molar-refractivity contribution in [3.05, 3.63) is 45.9 Å². The highest BCUT2D eigenvalue weighted by atomic mass is 16.1. The van der Waals surface area contributed by atoms with Crippen molar-refractivity contribution in [1.29, 1.82) is 0 Å². The number of aromatic nitrogens is 6. The summed E-state index contributed by atoms with van der Waals surface area (Å²) in [5.74, 6) is 1.72. The summed E-state index contributed by atoms with van der Waals surface area (Å²) in [6.07, 6.45) is 9.75. The van der Waals surface area contributed by atoms with Crippen LogP contribution in [0, 0.1) is 6.92 Å². The van der Waals surface area contributed by atoms with Crippen molar-refractivity contribution in [3.8, 4) is 0 Å². The Kier molecular flexibility index (Phi) is 3.91. The molecule has 3 aromatic rings. The first-order valence-corrected chi connectivity index (χ1v) is 9.73. The van der Waals surface area contributed by atoms with Gasteiger partial charge in [-0.25, -0.2) is 9.67 Å². The Hall–Kier alpha value is -2.77. The Labute approximate surface area is 156 Å². The highest BCUT2D eigenvalue weighted by molar-refractivity contribution is 5.63. The first kappa shape index (κ1) is 16.4. The molecule has 0 N–H and O–H groups in total. The molecule has 1 fully saturated rings. The standard InChI is InChI=1S/C19H23N7O/c1-13-21-22-19-18(20-8-11-25(13)19)24-9-6-15(7-10-24)26-17(27)12-14-4-2-3-5-16(14)23-26/h8,11-12,15H,2-7,9-10H2,1H3. The van der Waals surface area contributed by atoms with Crippen LogP contribution in [0.4, 0.5) is 5.82 Å².